The van der Waals surface area contributed by atoms with Crippen molar-refractivity contribution in [3.05, 3.63) is 47.1 Å². The minimum Gasteiger partial charge on any atom is -0.351 e. The summed E-state index contributed by atoms with van der Waals surface area (Å²) in [6, 6.07) is 5.55. The third-order valence-corrected chi connectivity index (χ3v) is 4.95. The van der Waals surface area contributed by atoms with Gasteiger partial charge in [-0.3, -0.25) is 9.69 Å². The molecule has 1 atom stereocenters. The van der Waals surface area contributed by atoms with Crippen molar-refractivity contribution < 1.29 is 22.5 Å². The summed E-state index contributed by atoms with van der Waals surface area (Å²) in [5.41, 5.74) is 0.111. The molecule has 1 aliphatic heterocycles. The number of hydrogen-bond acceptors (Lipinski definition) is 5. The lowest BCUT2D eigenvalue weighted by molar-refractivity contribution is -0.137. The van der Waals surface area contributed by atoms with E-state index < -0.39 is 17.6 Å². The molecule has 0 unspecified atom stereocenters. The Hall–Kier alpha value is -2.42. The molecule has 2 heterocycles. The van der Waals surface area contributed by atoms with E-state index >= 15 is 0 Å². The number of alkyl halides is 3. The van der Waals surface area contributed by atoms with Gasteiger partial charge in [0, 0.05) is 13.6 Å². The van der Waals surface area contributed by atoms with Crippen LogP contribution in [-0.2, 0) is 19.1 Å². The van der Waals surface area contributed by atoms with E-state index in [9.17, 15) is 18.0 Å². The molecule has 1 saturated heterocycles. The predicted molar refractivity (Wildman–Crippen MR) is 95.5 cm³/mol. The fraction of sp³-hybridized carbons (Fsp3) is 0.526. The van der Waals surface area contributed by atoms with Crippen LogP contribution in [0.2, 0.25) is 0 Å². The van der Waals surface area contributed by atoms with Crippen molar-refractivity contribution in [1.82, 2.24) is 20.4 Å². The summed E-state index contributed by atoms with van der Waals surface area (Å²) in [5, 5.41) is 6.27. The van der Waals surface area contributed by atoms with Crippen molar-refractivity contribution in [2.24, 2.45) is 5.92 Å². The Balaban J connectivity index is 1.52. The minimum atomic E-state index is -4.31. The van der Waals surface area contributed by atoms with Gasteiger partial charge in [0.2, 0.25) is 0 Å². The average Bonchev–Trinajstić information content (AvgIpc) is 3.14. The van der Waals surface area contributed by atoms with E-state index in [1.54, 1.807) is 6.07 Å². The molecule has 1 aliphatic rings. The molecule has 1 fully saturated rings. The molecule has 1 N–H and O–H groups in total. The minimum absolute atomic E-state index is 0.0596. The van der Waals surface area contributed by atoms with E-state index in [1.165, 1.54) is 19.2 Å². The number of halogens is 3. The van der Waals surface area contributed by atoms with Crippen LogP contribution in [0.15, 0.2) is 28.8 Å². The van der Waals surface area contributed by atoms with Crippen LogP contribution in [0.1, 0.15) is 46.9 Å². The largest absolute Gasteiger partial charge is 0.416 e. The number of aromatic nitrogens is 2. The number of carbonyl (C=O) groups excluding carboxylic acids is 1. The molecule has 0 bridgehead atoms. The maximum absolute atomic E-state index is 12.8. The molecule has 3 rings (SSSR count). The van der Waals surface area contributed by atoms with Gasteiger partial charge in [-0.2, -0.15) is 18.2 Å². The van der Waals surface area contributed by atoms with E-state index in [0.717, 1.165) is 38.4 Å². The van der Waals surface area contributed by atoms with Crippen LogP contribution in [0.3, 0.4) is 0 Å². The third-order valence-electron chi connectivity index (χ3n) is 4.95. The normalized spacial score (nSPS) is 18.2. The summed E-state index contributed by atoms with van der Waals surface area (Å²) in [4.78, 5) is 17.8. The Bertz CT molecular complexity index is 806. The number of nitrogens with one attached hydrogen (secondary N) is 1. The van der Waals surface area contributed by atoms with E-state index in [-0.39, 0.29) is 5.89 Å². The smallest absolute Gasteiger partial charge is 0.351 e. The Kier molecular flexibility index (Phi) is 6.33. The second-order valence-corrected chi connectivity index (χ2v) is 7.08. The maximum atomic E-state index is 12.8. The Morgan fingerprint density at radius 3 is 2.96 bits per heavy atom. The number of benzene rings is 1. The Labute approximate surface area is 161 Å². The highest BCUT2D eigenvalue weighted by molar-refractivity contribution is 5.89. The van der Waals surface area contributed by atoms with Gasteiger partial charge in [-0.1, -0.05) is 23.4 Å². The fourth-order valence-corrected chi connectivity index (χ4v) is 3.52. The summed E-state index contributed by atoms with van der Waals surface area (Å²) in [6.07, 6.45) is -0.812. The van der Waals surface area contributed by atoms with Gasteiger partial charge >= 0.3 is 18.0 Å². The van der Waals surface area contributed by atoms with E-state index in [1.807, 2.05) is 0 Å². The number of rotatable bonds is 6. The molecule has 1 aromatic carbocycles. The van der Waals surface area contributed by atoms with Crippen LogP contribution in [-0.4, -0.2) is 41.1 Å². The highest BCUT2D eigenvalue weighted by Crippen LogP contribution is 2.30. The monoisotopic (exact) mass is 396 g/mol. The maximum Gasteiger partial charge on any atom is 0.416 e. The zero-order chi connectivity index (χ0) is 20.1. The van der Waals surface area contributed by atoms with Crippen LogP contribution >= 0.6 is 0 Å². The van der Waals surface area contributed by atoms with Crippen LogP contribution in [0.4, 0.5) is 13.2 Å². The molecule has 0 spiro atoms. The summed E-state index contributed by atoms with van der Waals surface area (Å²) in [7, 11) is 1.49. The highest BCUT2D eigenvalue weighted by atomic mass is 19.4. The van der Waals surface area contributed by atoms with Crippen molar-refractivity contribution in [2.75, 3.05) is 20.1 Å². The first kappa shape index (κ1) is 20.3. The van der Waals surface area contributed by atoms with Crippen molar-refractivity contribution in [2.45, 2.75) is 38.4 Å². The zero-order valence-electron chi connectivity index (χ0n) is 15.6. The van der Waals surface area contributed by atoms with Gasteiger partial charge in [-0.05, 0) is 49.8 Å². The van der Waals surface area contributed by atoms with Gasteiger partial charge in [-0.25, -0.2) is 0 Å². The van der Waals surface area contributed by atoms with Gasteiger partial charge in [0.25, 0.3) is 0 Å². The third kappa shape index (κ3) is 5.31. The molecule has 1 aromatic heterocycles. The van der Waals surface area contributed by atoms with Crippen LogP contribution in [0.5, 0.6) is 0 Å². The summed E-state index contributed by atoms with van der Waals surface area (Å²) < 4.78 is 43.5. The van der Waals surface area contributed by atoms with E-state index in [4.69, 9.17) is 4.52 Å². The Morgan fingerprint density at radius 2 is 2.21 bits per heavy atom. The van der Waals surface area contributed by atoms with Gasteiger partial charge in [0.1, 0.15) is 0 Å². The van der Waals surface area contributed by atoms with Crippen molar-refractivity contribution in [1.29, 1.82) is 0 Å². The van der Waals surface area contributed by atoms with Crippen LogP contribution < -0.4 is 5.32 Å². The second-order valence-electron chi connectivity index (χ2n) is 7.08. The van der Waals surface area contributed by atoms with Gasteiger partial charge < -0.3 is 9.84 Å². The molecular weight excluding hydrogens is 373 g/mol. The van der Waals surface area contributed by atoms with Gasteiger partial charge in [0.15, 0.2) is 5.82 Å². The lowest BCUT2D eigenvalue weighted by Gasteiger charge is -2.32. The molecule has 28 heavy (non-hydrogen) atoms. The van der Waals surface area contributed by atoms with Crippen molar-refractivity contribution >= 4 is 5.91 Å². The molecular formula is C19H23F3N4O2. The topological polar surface area (TPSA) is 71.3 Å². The molecule has 1 amide bonds. The molecule has 2 aromatic rings. The lowest BCUT2D eigenvalue weighted by atomic mass is 9.91. The van der Waals surface area contributed by atoms with E-state index in [2.05, 4.69) is 20.4 Å². The number of piperidine rings is 1. The quantitative estimate of drug-likeness (QED) is 0.811. The fourth-order valence-electron chi connectivity index (χ4n) is 3.52. The molecule has 0 saturated carbocycles. The number of hydrogen-bond donors (Lipinski definition) is 1. The van der Waals surface area contributed by atoms with Crippen molar-refractivity contribution in [3.63, 3.8) is 0 Å². The summed E-state index contributed by atoms with van der Waals surface area (Å²) in [6.45, 7) is 2.20. The van der Waals surface area contributed by atoms with Gasteiger partial charge in [0.05, 0.1) is 12.1 Å². The second kappa shape index (κ2) is 8.72. The standard InChI is InChI=1S/C19H23F3N4O2/c1-23-17(27)18-24-16(25-28-18)12-26-9-3-5-14(11-26)8-7-13-4-2-6-15(10-13)19(20,21)22/h2,4,6,10,14H,3,5,7-9,11-12H2,1H3,(H,23,27)/t14-/m1/s1. The predicted octanol–water partition coefficient (Wildman–Crippen LogP) is 3.29. The number of carbonyl (C=O) groups is 1. The van der Waals surface area contributed by atoms with Gasteiger partial charge in [-0.15, -0.1) is 0 Å². The molecule has 6 nitrogen and oxygen atoms in total. The van der Waals surface area contributed by atoms with Crippen molar-refractivity contribution in [3.8, 4) is 0 Å². The number of nitrogens with zero attached hydrogens (tertiary/aromatic N) is 3. The Morgan fingerprint density at radius 1 is 1.39 bits per heavy atom. The zero-order valence-corrected chi connectivity index (χ0v) is 15.6. The number of aryl methyl sites for hydroxylation is 1. The SMILES string of the molecule is CNC(=O)c1nc(CN2CCC[C@H](CCc3cccc(C(F)(F)F)c3)C2)no1. The molecule has 0 aliphatic carbocycles. The first-order chi connectivity index (χ1) is 13.3. The summed E-state index contributed by atoms with van der Waals surface area (Å²) in [5.74, 6) is 0.373. The van der Waals surface area contributed by atoms with Crippen LogP contribution in [0.25, 0.3) is 0 Å². The molecule has 0 radical (unpaired) electrons. The highest BCUT2D eigenvalue weighted by Gasteiger charge is 2.30. The van der Waals surface area contributed by atoms with E-state index in [0.29, 0.717) is 30.3 Å². The number of likely N-dealkylation sites (tertiary alicyclic amines) is 1. The van der Waals surface area contributed by atoms with Crippen LogP contribution in [0, 0.1) is 5.92 Å². The molecule has 152 valence electrons. The first-order valence-corrected chi connectivity index (χ1v) is 9.28. The first-order valence-electron chi connectivity index (χ1n) is 9.28. The average molecular weight is 396 g/mol. The lowest BCUT2D eigenvalue weighted by Crippen LogP contribution is -2.35. The summed E-state index contributed by atoms with van der Waals surface area (Å²) >= 11 is 0. The number of amides is 1. The molecule has 9 heteroatoms.